The maximum Gasteiger partial charge on any atom is 0.191 e. The highest BCUT2D eigenvalue weighted by Gasteiger charge is 2.09. The number of hydrogen-bond acceptors (Lipinski definition) is 4. The quantitative estimate of drug-likeness (QED) is 0.337. The van der Waals surface area contributed by atoms with Crippen molar-refractivity contribution in [3.05, 3.63) is 0 Å². The SMILES string of the molecule is CCNC(=NCCCCN(CC)CC)NCCN1CCOCC1. The van der Waals surface area contributed by atoms with Gasteiger partial charge in [0.05, 0.1) is 13.2 Å². The maximum absolute atomic E-state index is 5.37. The summed E-state index contributed by atoms with van der Waals surface area (Å²) in [6.45, 7) is 17.6. The summed E-state index contributed by atoms with van der Waals surface area (Å²) in [7, 11) is 0. The van der Waals surface area contributed by atoms with E-state index in [1.54, 1.807) is 0 Å². The fourth-order valence-electron chi connectivity index (χ4n) is 2.68. The van der Waals surface area contributed by atoms with Crippen molar-refractivity contribution in [2.75, 3.05) is 72.1 Å². The van der Waals surface area contributed by atoms with Crippen LogP contribution in [-0.2, 0) is 4.74 Å². The lowest BCUT2D eigenvalue weighted by Gasteiger charge is -2.26. The summed E-state index contributed by atoms with van der Waals surface area (Å²) < 4.78 is 5.37. The number of ether oxygens (including phenoxy) is 1. The zero-order chi connectivity index (χ0) is 16.8. The molecule has 0 spiro atoms. The van der Waals surface area contributed by atoms with E-state index in [4.69, 9.17) is 4.74 Å². The smallest absolute Gasteiger partial charge is 0.191 e. The Morgan fingerprint density at radius 2 is 1.83 bits per heavy atom. The minimum atomic E-state index is 0.862. The van der Waals surface area contributed by atoms with Crippen LogP contribution >= 0.6 is 0 Å². The normalized spacial score (nSPS) is 16.8. The van der Waals surface area contributed by atoms with Gasteiger partial charge >= 0.3 is 0 Å². The van der Waals surface area contributed by atoms with E-state index in [0.717, 1.165) is 78.0 Å². The predicted octanol–water partition coefficient (Wildman–Crippen LogP) is 0.996. The van der Waals surface area contributed by atoms with E-state index in [0.29, 0.717) is 0 Å². The van der Waals surface area contributed by atoms with Crippen LogP contribution in [0, 0.1) is 0 Å². The Morgan fingerprint density at radius 3 is 2.48 bits per heavy atom. The molecular formula is C17H37N5O. The third kappa shape index (κ3) is 9.79. The molecule has 23 heavy (non-hydrogen) atoms. The topological polar surface area (TPSA) is 52.1 Å². The highest BCUT2D eigenvalue weighted by atomic mass is 16.5. The standard InChI is InChI=1S/C17H37N5O/c1-4-18-17(19-9-7-8-11-21(5-2)6-3)20-10-12-22-13-15-23-16-14-22/h4-16H2,1-3H3,(H2,18,19,20). The van der Waals surface area contributed by atoms with Crippen LogP contribution in [0.5, 0.6) is 0 Å². The van der Waals surface area contributed by atoms with E-state index in [-0.39, 0.29) is 0 Å². The highest BCUT2D eigenvalue weighted by Crippen LogP contribution is 1.96. The molecule has 1 rings (SSSR count). The molecule has 2 N–H and O–H groups in total. The number of guanidine groups is 1. The summed E-state index contributed by atoms with van der Waals surface area (Å²) in [6, 6.07) is 0. The molecule has 0 bridgehead atoms. The Kier molecular flexibility index (Phi) is 11.9. The van der Waals surface area contributed by atoms with Gasteiger partial charge in [-0.1, -0.05) is 13.8 Å². The second kappa shape index (κ2) is 13.6. The Balaban J connectivity index is 2.16. The van der Waals surface area contributed by atoms with Crippen molar-refractivity contribution in [2.24, 2.45) is 4.99 Å². The Morgan fingerprint density at radius 1 is 1.09 bits per heavy atom. The van der Waals surface area contributed by atoms with Crippen LogP contribution in [0.2, 0.25) is 0 Å². The lowest BCUT2D eigenvalue weighted by molar-refractivity contribution is 0.0389. The van der Waals surface area contributed by atoms with Crippen molar-refractivity contribution in [1.82, 2.24) is 20.4 Å². The molecule has 0 aliphatic carbocycles. The number of hydrogen-bond donors (Lipinski definition) is 2. The molecule has 0 aromatic carbocycles. The van der Waals surface area contributed by atoms with E-state index in [1.165, 1.54) is 13.0 Å². The van der Waals surface area contributed by atoms with Gasteiger partial charge in [-0.05, 0) is 39.4 Å². The van der Waals surface area contributed by atoms with E-state index in [9.17, 15) is 0 Å². The third-order valence-electron chi connectivity index (χ3n) is 4.22. The monoisotopic (exact) mass is 327 g/mol. The molecule has 0 unspecified atom stereocenters. The summed E-state index contributed by atoms with van der Waals surface area (Å²) in [4.78, 5) is 9.58. The first-order chi connectivity index (χ1) is 11.3. The largest absolute Gasteiger partial charge is 0.379 e. The lowest BCUT2D eigenvalue weighted by atomic mass is 10.3. The summed E-state index contributed by atoms with van der Waals surface area (Å²) in [6.07, 6.45) is 2.37. The number of aliphatic imine (C=N–C) groups is 1. The second-order valence-corrected chi connectivity index (χ2v) is 5.88. The fraction of sp³-hybridized carbons (Fsp3) is 0.941. The molecular weight excluding hydrogens is 290 g/mol. The molecule has 1 aliphatic heterocycles. The van der Waals surface area contributed by atoms with Crippen LogP contribution in [0.4, 0.5) is 0 Å². The third-order valence-corrected chi connectivity index (χ3v) is 4.22. The van der Waals surface area contributed by atoms with Crippen LogP contribution in [0.1, 0.15) is 33.6 Å². The van der Waals surface area contributed by atoms with Crippen LogP contribution in [0.3, 0.4) is 0 Å². The molecule has 0 atom stereocenters. The van der Waals surface area contributed by atoms with Crippen molar-refractivity contribution < 1.29 is 4.74 Å². The van der Waals surface area contributed by atoms with Gasteiger partial charge in [0.15, 0.2) is 5.96 Å². The Hall–Kier alpha value is -0.850. The molecule has 1 aliphatic rings. The molecule has 6 heteroatoms. The molecule has 0 radical (unpaired) electrons. The van der Waals surface area contributed by atoms with Crippen LogP contribution in [0.25, 0.3) is 0 Å². The van der Waals surface area contributed by atoms with E-state index in [2.05, 4.69) is 46.2 Å². The van der Waals surface area contributed by atoms with Crippen molar-refractivity contribution in [3.63, 3.8) is 0 Å². The predicted molar refractivity (Wildman–Crippen MR) is 98.3 cm³/mol. The molecule has 0 aromatic rings. The van der Waals surface area contributed by atoms with Gasteiger partial charge in [-0.15, -0.1) is 0 Å². The molecule has 0 amide bonds. The molecule has 6 nitrogen and oxygen atoms in total. The fourth-order valence-corrected chi connectivity index (χ4v) is 2.68. The second-order valence-electron chi connectivity index (χ2n) is 5.88. The summed E-state index contributed by atoms with van der Waals surface area (Å²) in [5.41, 5.74) is 0. The molecule has 136 valence electrons. The summed E-state index contributed by atoms with van der Waals surface area (Å²) >= 11 is 0. The van der Waals surface area contributed by atoms with Gasteiger partial charge in [0, 0.05) is 39.3 Å². The zero-order valence-corrected chi connectivity index (χ0v) is 15.4. The average molecular weight is 328 g/mol. The molecule has 0 aromatic heterocycles. The molecule has 1 saturated heterocycles. The lowest BCUT2D eigenvalue weighted by Crippen LogP contribution is -2.44. The van der Waals surface area contributed by atoms with Crippen molar-refractivity contribution in [3.8, 4) is 0 Å². The number of nitrogens with zero attached hydrogens (tertiary/aromatic N) is 3. The first kappa shape index (κ1) is 20.2. The van der Waals surface area contributed by atoms with E-state index in [1.807, 2.05) is 0 Å². The van der Waals surface area contributed by atoms with Gasteiger partial charge in [0.25, 0.3) is 0 Å². The number of nitrogens with one attached hydrogen (secondary N) is 2. The average Bonchev–Trinajstić information content (AvgIpc) is 2.59. The minimum absolute atomic E-state index is 0.862. The van der Waals surface area contributed by atoms with Gasteiger partial charge in [-0.3, -0.25) is 9.89 Å². The van der Waals surface area contributed by atoms with Gasteiger partial charge in [0.1, 0.15) is 0 Å². The molecule has 1 heterocycles. The summed E-state index contributed by atoms with van der Waals surface area (Å²) in [5.74, 6) is 0.948. The van der Waals surface area contributed by atoms with Crippen molar-refractivity contribution in [2.45, 2.75) is 33.6 Å². The van der Waals surface area contributed by atoms with Crippen molar-refractivity contribution >= 4 is 5.96 Å². The minimum Gasteiger partial charge on any atom is -0.379 e. The highest BCUT2D eigenvalue weighted by molar-refractivity contribution is 5.79. The maximum atomic E-state index is 5.37. The van der Waals surface area contributed by atoms with Crippen LogP contribution in [0.15, 0.2) is 4.99 Å². The van der Waals surface area contributed by atoms with Gasteiger partial charge in [-0.25, -0.2) is 0 Å². The number of unbranched alkanes of at least 4 members (excludes halogenated alkanes) is 1. The van der Waals surface area contributed by atoms with Gasteiger partial charge in [0.2, 0.25) is 0 Å². The summed E-state index contributed by atoms with van der Waals surface area (Å²) in [5, 5.41) is 6.76. The molecule has 0 saturated carbocycles. The van der Waals surface area contributed by atoms with Crippen molar-refractivity contribution in [1.29, 1.82) is 0 Å². The van der Waals surface area contributed by atoms with Crippen LogP contribution < -0.4 is 10.6 Å². The number of morpholine rings is 1. The van der Waals surface area contributed by atoms with Crippen LogP contribution in [-0.4, -0.2) is 87.9 Å². The zero-order valence-electron chi connectivity index (χ0n) is 15.4. The van der Waals surface area contributed by atoms with Gasteiger partial charge in [-0.2, -0.15) is 0 Å². The molecule has 1 fully saturated rings. The van der Waals surface area contributed by atoms with E-state index < -0.39 is 0 Å². The first-order valence-electron chi connectivity index (χ1n) is 9.34. The Bertz CT molecular complexity index is 301. The first-order valence-corrected chi connectivity index (χ1v) is 9.34. The number of rotatable bonds is 11. The van der Waals surface area contributed by atoms with E-state index >= 15 is 0 Å². The Labute approximate surface area is 142 Å². The van der Waals surface area contributed by atoms with Gasteiger partial charge < -0.3 is 20.3 Å².